The number of anilines is 2. The summed E-state index contributed by atoms with van der Waals surface area (Å²) in [4.78, 5) is 66.6. The number of aliphatic hydroxyl groups is 2. The van der Waals surface area contributed by atoms with Crippen molar-refractivity contribution >= 4 is 29.4 Å². The molecule has 0 bridgehead atoms. The number of carbonyl (C=O) groups is 3. The molecule has 2 aromatic carbocycles. The van der Waals surface area contributed by atoms with Gasteiger partial charge in [0, 0.05) is 50.4 Å². The number of nitrogens with zero attached hydrogens (tertiary/aromatic N) is 8. The van der Waals surface area contributed by atoms with Crippen LogP contribution < -0.4 is 31.3 Å². The summed E-state index contributed by atoms with van der Waals surface area (Å²) in [5, 5.41) is 56.5. The van der Waals surface area contributed by atoms with Gasteiger partial charge >= 0.3 is 11.6 Å². The molecule has 3 aromatic heterocycles. The average Bonchev–Trinajstić information content (AvgIpc) is 3.83. The van der Waals surface area contributed by atoms with E-state index in [0.29, 0.717) is 65.4 Å². The number of carbonyl (C=O) groups excluding carboxylic acids is 3. The molecule has 0 saturated carbocycles. The second kappa shape index (κ2) is 19.8. The summed E-state index contributed by atoms with van der Waals surface area (Å²) in [6, 6.07) is 9.86. The van der Waals surface area contributed by atoms with E-state index in [0.717, 1.165) is 12.3 Å². The molecule has 5 heterocycles. The van der Waals surface area contributed by atoms with Crippen LogP contribution in [0.3, 0.4) is 0 Å². The number of phenols is 2. The van der Waals surface area contributed by atoms with E-state index in [1.54, 1.807) is 51.1 Å². The van der Waals surface area contributed by atoms with Gasteiger partial charge in [-0.05, 0) is 60.7 Å². The predicted octanol–water partition coefficient (Wildman–Crippen LogP) is 2.89. The summed E-state index contributed by atoms with van der Waals surface area (Å²) in [5.41, 5.74) is 0.127. The van der Waals surface area contributed by atoms with Crippen LogP contribution in [0.1, 0.15) is 86.3 Å². The van der Waals surface area contributed by atoms with Crippen LogP contribution in [0.25, 0.3) is 17.1 Å². The molecule has 2 fully saturated rings. The Hall–Kier alpha value is -7.11. The van der Waals surface area contributed by atoms with Crippen LogP contribution >= 0.6 is 0 Å². The first kappa shape index (κ1) is 47.8. The molecule has 0 aliphatic carbocycles. The van der Waals surface area contributed by atoms with Crippen LogP contribution in [0.15, 0.2) is 65.8 Å². The number of amides is 3. The van der Waals surface area contributed by atoms with E-state index in [1.807, 2.05) is 18.7 Å². The van der Waals surface area contributed by atoms with Crippen molar-refractivity contribution in [2.45, 2.75) is 89.9 Å². The molecule has 2 saturated heterocycles. The summed E-state index contributed by atoms with van der Waals surface area (Å²) < 4.78 is 42.5. The summed E-state index contributed by atoms with van der Waals surface area (Å²) in [6.45, 7) is 9.51. The van der Waals surface area contributed by atoms with Crippen molar-refractivity contribution in [3.05, 3.63) is 88.6 Å². The largest absolute Gasteiger partial charge is 0.508 e. The molecule has 7 rings (SSSR count). The zero-order valence-corrected chi connectivity index (χ0v) is 37.1. The van der Waals surface area contributed by atoms with Gasteiger partial charge in [0.1, 0.15) is 52.8 Å². The van der Waals surface area contributed by atoms with Crippen LogP contribution in [0.2, 0.25) is 0 Å². The number of piperidine rings is 1. The van der Waals surface area contributed by atoms with Crippen LogP contribution in [-0.2, 0) is 9.53 Å². The van der Waals surface area contributed by atoms with Gasteiger partial charge in [-0.25, -0.2) is 14.8 Å². The van der Waals surface area contributed by atoms with Crippen molar-refractivity contribution in [3.8, 4) is 34.3 Å². The molecule has 3 amide bonds. The predicted molar refractivity (Wildman–Crippen MR) is 235 cm³/mol. The molecule has 7 N–H and O–H groups in total. The van der Waals surface area contributed by atoms with Crippen LogP contribution in [0.5, 0.6) is 17.2 Å². The average molecular weight is 932 g/mol. The normalized spacial score (nSPS) is 18.8. The van der Waals surface area contributed by atoms with Crippen LogP contribution in [-0.4, -0.2) is 129 Å². The highest BCUT2D eigenvalue weighted by atomic mass is 19.3. The third-order valence-electron chi connectivity index (χ3n) is 11.4. The maximum Gasteiger partial charge on any atom is 0.351 e. The van der Waals surface area contributed by atoms with Gasteiger partial charge in [0.2, 0.25) is 18.0 Å². The fourth-order valence-corrected chi connectivity index (χ4v) is 7.73. The molecule has 2 aliphatic heterocycles. The van der Waals surface area contributed by atoms with E-state index in [1.165, 1.54) is 23.0 Å². The summed E-state index contributed by atoms with van der Waals surface area (Å²) in [5.74, 6) is -5.61. The zero-order chi connectivity index (χ0) is 48.3. The minimum atomic E-state index is -3.92. The highest BCUT2D eigenvalue weighted by molar-refractivity contribution is 6.00. The number of aromatic hydroxyl groups is 2. The van der Waals surface area contributed by atoms with Crippen molar-refractivity contribution in [2.24, 2.45) is 5.92 Å². The first-order valence-electron chi connectivity index (χ1n) is 21.6. The summed E-state index contributed by atoms with van der Waals surface area (Å²) in [6.07, 6.45) is -1.47. The van der Waals surface area contributed by atoms with Gasteiger partial charge in [-0.1, -0.05) is 27.7 Å². The first-order chi connectivity index (χ1) is 31.9. The number of nitrogens with one attached hydrogen (secondary N) is 3. The van der Waals surface area contributed by atoms with Gasteiger partial charge in [0.25, 0.3) is 11.8 Å². The van der Waals surface area contributed by atoms with Gasteiger partial charge in [0.15, 0.2) is 11.9 Å². The SMILES string of the molecule is CCNC(=O)c1nnc(-c2cc(C(C)C)c(O)cc2O)n1-c1ccc(OC2CCN(c3cnc(C(=O)N[C@H](C(=O)Nc4ccn([C@@H]5O[C@H](CO)[C@@H](O)C5(F)F)c(=O)n4)C(C)C)cn3)CC2)cc1. The minimum Gasteiger partial charge on any atom is -0.508 e. The Morgan fingerprint density at radius 1 is 0.970 bits per heavy atom. The monoisotopic (exact) mass is 931 g/mol. The molecular formula is C44H51F2N11O10. The molecule has 0 spiro atoms. The number of hydrogen-bond donors (Lipinski definition) is 7. The highest BCUT2D eigenvalue weighted by Crippen LogP contribution is 2.42. The first-order valence-corrected chi connectivity index (χ1v) is 21.6. The number of phenolic OH excluding ortho intramolecular Hbond substituents is 2. The lowest BCUT2D eigenvalue weighted by Gasteiger charge is -2.32. The number of aromatic nitrogens is 7. The molecular weight excluding hydrogens is 881 g/mol. The Bertz CT molecular complexity index is 2650. The maximum atomic E-state index is 14.6. The second-order valence-corrected chi connectivity index (χ2v) is 16.7. The lowest BCUT2D eigenvalue weighted by molar-refractivity contribution is -0.141. The molecule has 5 aromatic rings. The Balaban J connectivity index is 0.946. The van der Waals surface area contributed by atoms with Crippen molar-refractivity contribution in [3.63, 3.8) is 0 Å². The van der Waals surface area contributed by atoms with E-state index in [2.05, 4.69) is 41.1 Å². The number of hydrogen-bond acceptors (Lipinski definition) is 16. The van der Waals surface area contributed by atoms with E-state index >= 15 is 0 Å². The number of alkyl halides is 2. The second-order valence-electron chi connectivity index (χ2n) is 16.7. The van der Waals surface area contributed by atoms with Gasteiger partial charge < -0.3 is 50.8 Å². The van der Waals surface area contributed by atoms with Crippen LogP contribution in [0, 0.1) is 5.92 Å². The molecule has 67 heavy (non-hydrogen) atoms. The molecule has 0 unspecified atom stereocenters. The molecule has 4 atom stereocenters. The maximum absolute atomic E-state index is 14.6. The van der Waals surface area contributed by atoms with E-state index in [9.17, 15) is 48.4 Å². The van der Waals surface area contributed by atoms with Gasteiger partial charge in [-0.2, -0.15) is 13.8 Å². The van der Waals surface area contributed by atoms with E-state index in [4.69, 9.17) is 9.47 Å². The smallest absolute Gasteiger partial charge is 0.351 e. The van der Waals surface area contributed by atoms with E-state index < -0.39 is 66.3 Å². The number of rotatable bonds is 15. The molecule has 21 nitrogen and oxygen atoms in total. The Labute approximate surface area is 381 Å². The van der Waals surface area contributed by atoms with E-state index in [-0.39, 0.29) is 46.7 Å². The third kappa shape index (κ3) is 10.0. The molecule has 356 valence electrons. The number of halogens is 2. The Morgan fingerprint density at radius 2 is 1.69 bits per heavy atom. The standard InChI is InChI=1S/C44H51F2N11O10/c1-6-47-41(64)38-54-53-37(28-17-27(22(2)3)30(59)18-31(28)60)57(38)24-7-9-25(10-8-24)66-26-11-14-55(15-12-26)34-20-48-29(19-49-34)39(62)52-35(23(4)5)40(63)50-33-13-16-56(43(65)51-33)42-44(45,46)36(61)32(21-58)67-42/h7-10,13,16-20,22-23,26,32,35-36,42,58-61H,6,11-12,14-15,21H2,1-5H3,(H,47,64)(H,52,62)(H,50,51,63,65)/t32-,35+,36-,42-/m1/s1. The lowest BCUT2D eigenvalue weighted by atomic mass is 9.98. The number of aliphatic hydroxyl groups excluding tert-OH is 2. The van der Waals surface area contributed by atoms with Crippen molar-refractivity contribution in [2.75, 3.05) is 36.5 Å². The van der Waals surface area contributed by atoms with Gasteiger partial charge in [0.05, 0.1) is 24.6 Å². The zero-order valence-electron chi connectivity index (χ0n) is 37.1. The highest BCUT2D eigenvalue weighted by Gasteiger charge is 2.59. The fraction of sp³-hybridized carbons (Fsp3) is 0.432. The Morgan fingerprint density at radius 3 is 2.28 bits per heavy atom. The summed E-state index contributed by atoms with van der Waals surface area (Å²) >= 11 is 0. The van der Waals surface area contributed by atoms with Crippen LogP contribution in [0.4, 0.5) is 20.4 Å². The fourth-order valence-electron chi connectivity index (χ4n) is 7.73. The van der Waals surface area contributed by atoms with Gasteiger partial charge in [-0.15, -0.1) is 10.2 Å². The molecule has 2 aliphatic rings. The van der Waals surface area contributed by atoms with Crippen molar-refractivity contribution < 1.29 is 53.1 Å². The van der Waals surface area contributed by atoms with Crippen molar-refractivity contribution in [1.29, 1.82) is 0 Å². The Kier molecular flexibility index (Phi) is 14.1. The third-order valence-corrected chi connectivity index (χ3v) is 11.4. The minimum absolute atomic E-state index is 0.00638. The topological polar surface area (TPSA) is 281 Å². The van der Waals surface area contributed by atoms with Crippen molar-refractivity contribution in [1.82, 2.24) is 44.9 Å². The molecule has 0 radical (unpaired) electrons. The lowest BCUT2D eigenvalue weighted by Crippen LogP contribution is -2.47. The van der Waals surface area contributed by atoms with Gasteiger partial charge in [-0.3, -0.25) is 23.5 Å². The summed E-state index contributed by atoms with van der Waals surface area (Å²) in [7, 11) is 0. The number of ether oxygens (including phenoxy) is 2. The quantitative estimate of drug-likeness (QED) is 0.0795. The molecule has 23 heteroatoms. The number of benzene rings is 2.